The summed E-state index contributed by atoms with van der Waals surface area (Å²) >= 11 is 0. The average Bonchev–Trinajstić information content (AvgIpc) is 2.40. The third kappa shape index (κ3) is 4.52. The van der Waals surface area contributed by atoms with Gasteiger partial charge in [0.05, 0.1) is 6.10 Å². The number of hydrogen-bond acceptors (Lipinski definition) is 5. The Morgan fingerprint density at radius 1 is 1.29 bits per heavy atom. The normalized spacial score (nSPS) is 24.2. The minimum Gasteiger partial charge on any atom is -0.380 e. The molecule has 0 aromatic heterocycles. The second kappa shape index (κ2) is 8.00. The average molecular weight is 246 g/mol. The molecule has 2 N–H and O–H groups in total. The topological polar surface area (TPSA) is 57.0 Å². The van der Waals surface area contributed by atoms with E-state index in [1.165, 1.54) is 6.42 Å². The number of ether oxygens (including phenoxy) is 3. The van der Waals surface area contributed by atoms with Crippen molar-refractivity contribution in [2.45, 2.75) is 37.7 Å². The zero-order valence-electron chi connectivity index (χ0n) is 11.2. The first-order chi connectivity index (χ1) is 8.24. The molecule has 5 nitrogen and oxygen atoms in total. The molecule has 0 bridgehead atoms. The lowest BCUT2D eigenvalue weighted by molar-refractivity contribution is -0.119. The van der Waals surface area contributed by atoms with Crippen molar-refractivity contribution in [2.75, 3.05) is 41.0 Å². The van der Waals surface area contributed by atoms with Crippen molar-refractivity contribution < 1.29 is 14.2 Å². The summed E-state index contributed by atoms with van der Waals surface area (Å²) in [7, 11) is 5.10. The predicted molar refractivity (Wildman–Crippen MR) is 66.9 cm³/mol. The molecule has 1 saturated heterocycles. The summed E-state index contributed by atoms with van der Waals surface area (Å²) in [6.07, 6.45) is 3.27. The van der Waals surface area contributed by atoms with E-state index in [1.54, 1.807) is 21.3 Å². The Morgan fingerprint density at radius 3 is 2.53 bits per heavy atom. The molecule has 0 spiro atoms. The lowest BCUT2D eigenvalue weighted by Gasteiger charge is -2.38. The van der Waals surface area contributed by atoms with Gasteiger partial charge in [-0.2, -0.15) is 0 Å². The highest BCUT2D eigenvalue weighted by Crippen LogP contribution is 2.18. The van der Waals surface area contributed by atoms with Gasteiger partial charge in [0.2, 0.25) is 0 Å². The standard InChI is InChI=1S/C12H26N2O3/c1-15-11-5-4-6-14(9-11)10(8-13)7-12(16-2)17-3/h10-12H,4-9,13H2,1-3H3. The summed E-state index contributed by atoms with van der Waals surface area (Å²) in [5.74, 6) is 0. The van der Waals surface area contributed by atoms with Crippen molar-refractivity contribution in [3.05, 3.63) is 0 Å². The van der Waals surface area contributed by atoms with Crippen LogP contribution in [0.4, 0.5) is 0 Å². The van der Waals surface area contributed by atoms with Crippen LogP contribution in [0.3, 0.4) is 0 Å². The fraction of sp³-hybridized carbons (Fsp3) is 1.00. The van der Waals surface area contributed by atoms with Crippen molar-refractivity contribution in [1.29, 1.82) is 0 Å². The molecule has 102 valence electrons. The summed E-state index contributed by atoms with van der Waals surface area (Å²) < 4.78 is 15.9. The number of methoxy groups -OCH3 is 3. The largest absolute Gasteiger partial charge is 0.380 e. The van der Waals surface area contributed by atoms with Crippen LogP contribution in [-0.2, 0) is 14.2 Å². The van der Waals surface area contributed by atoms with Crippen LogP contribution in [0.15, 0.2) is 0 Å². The second-order valence-electron chi connectivity index (χ2n) is 4.52. The molecule has 2 atom stereocenters. The molecule has 0 aliphatic carbocycles. The lowest BCUT2D eigenvalue weighted by Crippen LogP contribution is -2.49. The first kappa shape index (κ1) is 14.9. The SMILES string of the molecule is COC1CCCN(C(CN)CC(OC)OC)C1. The van der Waals surface area contributed by atoms with Crippen LogP contribution in [0, 0.1) is 0 Å². The van der Waals surface area contributed by atoms with Crippen LogP contribution in [0.1, 0.15) is 19.3 Å². The maximum atomic E-state index is 5.85. The van der Waals surface area contributed by atoms with Gasteiger partial charge in [0.15, 0.2) is 6.29 Å². The van der Waals surface area contributed by atoms with Crippen molar-refractivity contribution in [2.24, 2.45) is 5.73 Å². The minimum absolute atomic E-state index is 0.175. The van der Waals surface area contributed by atoms with Crippen molar-refractivity contribution in [1.82, 2.24) is 4.90 Å². The van der Waals surface area contributed by atoms with E-state index < -0.39 is 0 Å². The van der Waals surface area contributed by atoms with Gasteiger partial charge >= 0.3 is 0 Å². The van der Waals surface area contributed by atoms with E-state index in [0.29, 0.717) is 18.7 Å². The third-order valence-corrected chi connectivity index (χ3v) is 3.52. The van der Waals surface area contributed by atoms with E-state index in [4.69, 9.17) is 19.9 Å². The van der Waals surface area contributed by atoms with E-state index in [0.717, 1.165) is 25.9 Å². The summed E-state index contributed by atoms with van der Waals surface area (Å²) in [4.78, 5) is 2.39. The van der Waals surface area contributed by atoms with Gasteiger partial charge in [0, 0.05) is 46.9 Å². The molecule has 1 fully saturated rings. The highest BCUT2D eigenvalue weighted by molar-refractivity contribution is 4.80. The molecule has 0 aromatic rings. The van der Waals surface area contributed by atoms with Crippen molar-refractivity contribution >= 4 is 0 Å². The third-order valence-electron chi connectivity index (χ3n) is 3.52. The Balaban J connectivity index is 2.48. The van der Waals surface area contributed by atoms with E-state index in [2.05, 4.69) is 4.90 Å². The number of piperidine rings is 1. The molecule has 2 unspecified atom stereocenters. The molecule has 17 heavy (non-hydrogen) atoms. The Morgan fingerprint density at radius 2 is 2.00 bits per heavy atom. The molecule has 1 aliphatic rings. The monoisotopic (exact) mass is 246 g/mol. The second-order valence-corrected chi connectivity index (χ2v) is 4.52. The van der Waals surface area contributed by atoms with E-state index in [1.807, 2.05) is 0 Å². The fourth-order valence-electron chi connectivity index (χ4n) is 2.40. The zero-order chi connectivity index (χ0) is 12.7. The van der Waals surface area contributed by atoms with Gasteiger partial charge in [-0.1, -0.05) is 0 Å². The molecular weight excluding hydrogens is 220 g/mol. The molecule has 1 aliphatic heterocycles. The van der Waals surface area contributed by atoms with Gasteiger partial charge in [-0.25, -0.2) is 0 Å². The molecule has 0 saturated carbocycles. The number of nitrogens with two attached hydrogens (primary N) is 1. The van der Waals surface area contributed by atoms with Crippen LogP contribution in [-0.4, -0.2) is 64.3 Å². The van der Waals surface area contributed by atoms with Crippen LogP contribution >= 0.6 is 0 Å². The molecule has 0 aromatic carbocycles. The molecule has 1 heterocycles. The summed E-state index contributed by atoms with van der Waals surface area (Å²) in [5, 5.41) is 0. The Hall–Kier alpha value is -0.200. The number of nitrogens with zero attached hydrogens (tertiary/aromatic N) is 1. The van der Waals surface area contributed by atoms with Gasteiger partial charge in [0.1, 0.15) is 0 Å². The van der Waals surface area contributed by atoms with Crippen LogP contribution in [0.2, 0.25) is 0 Å². The Kier molecular flexibility index (Phi) is 6.99. The minimum atomic E-state index is -0.175. The highest BCUT2D eigenvalue weighted by atomic mass is 16.7. The Bertz CT molecular complexity index is 200. The fourth-order valence-corrected chi connectivity index (χ4v) is 2.40. The van der Waals surface area contributed by atoms with Crippen molar-refractivity contribution in [3.8, 4) is 0 Å². The maximum absolute atomic E-state index is 5.85. The number of rotatable bonds is 7. The lowest BCUT2D eigenvalue weighted by atomic mass is 10.0. The zero-order valence-corrected chi connectivity index (χ0v) is 11.2. The van der Waals surface area contributed by atoms with Crippen molar-refractivity contribution in [3.63, 3.8) is 0 Å². The quantitative estimate of drug-likeness (QED) is 0.660. The maximum Gasteiger partial charge on any atom is 0.158 e. The van der Waals surface area contributed by atoms with Crippen LogP contribution in [0.5, 0.6) is 0 Å². The molecule has 5 heteroatoms. The highest BCUT2D eigenvalue weighted by Gasteiger charge is 2.26. The van der Waals surface area contributed by atoms with Gasteiger partial charge in [-0.15, -0.1) is 0 Å². The van der Waals surface area contributed by atoms with Gasteiger partial charge in [-0.05, 0) is 19.4 Å². The van der Waals surface area contributed by atoms with Gasteiger partial charge < -0.3 is 19.9 Å². The molecule has 1 rings (SSSR count). The van der Waals surface area contributed by atoms with E-state index in [-0.39, 0.29) is 6.29 Å². The van der Waals surface area contributed by atoms with Gasteiger partial charge in [0.25, 0.3) is 0 Å². The number of likely N-dealkylation sites (tertiary alicyclic amines) is 1. The first-order valence-corrected chi connectivity index (χ1v) is 6.27. The summed E-state index contributed by atoms with van der Waals surface area (Å²) in [5.41, 5.74) is 5.85. The smallest absolute Gasteiger partial charge is 0.158 e. The Labute approximate surface area is 104 Å². The van der Waals surface area contributed by atoms with E-state index >= 15 is 0 Å². The predicted octanol–water partition coefficient (Wildman–Crippen LogP) is 0.434. The molecule has 0 radical (unpaired) electrons. The number of hydrogen-bond donors (Lipinski definition) is 1. The molecular formula is C12H26N2O3. The summed E-state index contributed by atoms with van der Waals surface area (Å²) in [6, 6.07) is 0.304. The van der Waals surface area contributed by atoms with Crippen LogP contribution < -0.4 is 5.73 Å². The molecule has 0 amide bonds. The summed E-state index contributed by atoms with van der Waals surface area (Å²) in [6.45, 7) is 2.67. The van der Waals surface area contributed by atoms with Crippen LogP contribution in [0.25, 0.3) is 0 Å². The van der Waals surface area contributed by atoms with E-state index in [9.17, 15) is 0 Å². The van der Waals surface area contributed by atoms with Gasteiger partial charge in [-0.3, -0.25) is 4.90 Å². The first-order valence-electron chi connectivity index (χ1n) is 6.27.